The minimum Gasteiger partial charge on any atom is -0.205 e. The summed E-state index contributed by atoms with van der Waals surface area (Å²) in [6.45, 7) is 2.14. The molecule has 0 spiro atoms. The third kappa shape index (κ3) is 3.58. The number of hydrogen-bond donors (Lipinski definition) is 0. The van der Waals surface area contributed by atoms with Crippen LogP contribution in [0.3, 0.4) is 0 Å². The first-order valence-corrected chi connectivity index (χ1v) is 6.37. The first-order valence-electron chi connectivity index (χ1n) is 5.99. The van der Waals surface area contributed by atoms with E-state index in [1.165, 1.54) is 11.6 Å². The lowest BCUT2D eigenvalue weighted by Gasteiger charge is -2.11. The van der Waals surface area contributed by atoms with Crippen LogP contribution in [0.1, 0.15) is 18.1 Å². The molecule has 0 heterocycles. The molecule has 0 amide bonds. The molecule has 1 atom stereocenters. The summed E-state index contributed by atoms with van der Waals surface area (Å²) in [6, 6.07) is 15.1. The van der Waals surface area contributed by atoms with Gasteiger partial charge < -0.3 is 0 Å². The Morgan fingerprint density at radius 2 is 1.89 bits per heavy atom. The monoisotopic (exact) mass is 261 g/mol. The van der Waals surface area contributed by atoms with Crippen LogP contribution >= 0.6 is 11.6 Å². The van der Waals surface area contributed by atoms with Crippen LogP contribution in [0.2, 0.25) is 5.02 Å². The molecule has 0 aliphatic rings. The molecular formula is C16H15ClF. The van der Waals surface area contributed by atoms with E-state index >= 15 is 0 Å². The van der Waals surface area contributed by atoms with Gasteiger partial charge in [0.15, 0.2) is 0 Å². The van der Waals surface area contributed by atoms with Crippen LogP contribution in [0.15, 0.2) is 48.5 Å². The topological polar surface area (TPSA) is 0 Å². The summed E-state index contributed by atoms with van der Waals surface area (Å²) in [5, 5.41) is 0.177. The van der Waals surface area contributed by atoms with Crippen LogP contribution in [-0.4, -0.2) is 0 Å². The van der Waals surface area contributed by atoms with Gasteiger partial charge in [0.2, 0.25) is 0 Å². The van der Waals surface area contributed by atoms with Crippen molar-refractivity contribution >= 4 is 11.6 Å². The quantitative estimate of drug-likeness (QED) is 0.734. The first-order chi connectivity index (χ1) is 8.65. The Morgan fingerprint density at radius 3 is 2.56 bits per heavy atom. The van der Waals surface area contributed by atoms with E-state index in [1.54, 1.807) is 12.1 Å². The van der Waals surface area contributed by atoms with E-state index in [2.05, 4.69) is 25.5 Å². The Bertz CT molecular complexity index is 508. The summed E-state index contributed by atoms with van der Waals surface area (Å²) in [6.07, 6.45) is 3.08. The van der Waals surface area contributed by atoms with Crippen LogP contribution in [0.4, 0.5) is 4.39 Å². The average Bonchev–Trinajstić information content (AvgIpc) is 2.35. The van der Waals surface area contributed by atoms with E-state index in [-0.39, 0.29) is 10.8 Å². The van der Waals surface area contributed by atoms with E-state index in [0.29, 0.717) is 5.92 Å². The summed E-state index contributed by atoms with van der Waals surface area (Å²) >= 11 is 5.76. The summed E-state index contributed by atoms with van der Waals surface area (Å²) in [5.41, 5.74) is 2.26. The van der Waals surface area contributed by atoms with Crippen molar-refractivity contribution in [3.63, 3.8) is 0 Å². The van der Waals surface area contributed by atoms with Crippen molar-refractivity contribution in [2.75, 3.05) is 0 Å². The van der Waals surface area contributed by atoms with E-state index < -0.39 is 0 Å². The lowest BCUT2D eigenvalue weighted by Crippen LogP contribution is -2.01. The third-order valence-corrected chi connectivity index (χ3v) is 3.11. The molecule has 0 N–H and O–H groups in total. The molecule has 1 unspecified atom stereocenters. The highest BCUT2D eigenvalue weighted by Crippen LogP contribution is 2.21. The molecule has 18 heavy (non-hydrogen) atoms. The largest absolute Gasteiger partial charge is 0.205 e. The predicted molar refractivity (Wildman–Crippen MR) is 74.1 cm³/mol. The van der Waals surface area contributed by atoms with E-state index in [0.717, 1.165) is 12.0 Å². The van der Waals surface area contributed by atoms with Gasteiger partial charge in [-0.1, -0.05) is 54.9 Å². The maximum atomic E-state index is 13.0. The minimum absolute atomic E-state index is 0.177. The molecule has 0 saturated heterocycles. The molecule has 0 aliphatic heterocycles. The van der Waals surface area contributed by atoms with Crippen LogP contribution in [0, 0.1) is 18.2 Å². The molecule has 2 aromatic carbocycles. The molecule has 1 radical (unpaired) electrons. The molecule has 93 valence electrons. The zero-order valence-electron chi connectivity index (χ0n) is 10.2. The van der Waals surface area contributed by atoms with Gasteiger partial charge in [0.1, 0.15) is 5.82 Å². The van der Waals surface area contributed by atoms with Crippen LogP contribution < -0.4 is 0 Å². The first kappa shape index (κ1) is 13.1. The zero-order chi connectivity index (χ0) is 13.0. The lowest BCUT2D eigenvalue weighted by atomic mass is 9.94. The van der Waals surface area contributed by atoms with Crippen molar-refractivity contribution in [3.8, 4) is 0 Å². The van der Waals surface area contributed by atoms with E-state index in [4.69, 9.17) is 11.6 Å². The second kappa shape index (κ2) is 6.01. The van der Waals surface area contributed by atoms with Gasteiger partial charge in [-0.15, -0.1) is 0 Å². The van der Waals surface area contributed by atoms with Gasteiger partial charge in [0.05, 0.1) is 5.02 Å². The Morgan fingerprint density at radius 1 is 1.17 bits per heavy atom. The van der Waals surface area contributed by atoms with Gasteiger partial charge in [-0.3, -0.25) is 0 Å². The van der Waals surface area contributed by atoms with Crippen molar-refractivity contribution in [1.29, 1.82) is 0 Å². The third-order valence-electron chi connectivity index (χ3n) is 2.82. The SMILES string of the molecule is CC([CH]c1ccc(F)c(Cl)c1)Cc1ccccc1. The number of hydrogen-bond acceptors (Lipinski definition) is 0. The predicted octanol–water partition coefficient (Wildman–Crippen LogP) is 4.91. The maximum absolute atomic E-state index is 13.0. The number of halogens is 2. The summed E-state index contributed by atoms with van der Waals surface area (Å²) in [7, 11) is 0. The van der Waals surface area contributed by atoms with Gasteiger partial charge in [-0.25, -0.2) is 4.39 Å². The van der Waals surface area contributed by atoms with Crippen molar-refractivity contribution in [3.05, 3.63) is 76.9 Å². The second-order valence-electron chi connectivity index (χ2n) is 4.51. The Hall–Kier alpha value is -1.34. The van der Waals surface area contributed by atoms with Crippen molar-refractivity contribution in [2.24, 2.45) is 5.92 Å². The smallest absolute Gasteiger partial charge is 0.141 e. The van der Waals surface area contributed by atoms with Gasteiger partial charge in [-0.2, -0.15) is 0 Å². The maximum Gasteiger partial charge on any atom is 0.141 e. The van der Waals surface area contributed by atoms with Gasteiger partial charge in [0, 0.05) is 0 Å². The molecule has 0 nitrogen and oxygen atoms in total. The Kier molecular flexibility index (Phi) is 4.38. The van der Waals surface area contributed by atoms with Gasteiger partial charge in [0.25, 0.3) is 0 Å². The molecule has 0 aliphatic carbocycles. The molecule has 0 aromatic heterocycles. The van der Waals surface area contributed by atoms with Crippen LogP contribution in [-0.2, 0) is 6.42 Å². The van der Waals surface area contributed by atoms with E-state index in [1.807, 2.05) is 18.2 Å². The standard InChI is InChI=1S/C16H15ClF/c1-12(9-13-5-3-2-4-6-13)10-14-7-8-16(18)15(17)11-14/h2-8,10-12H,9H2,1H3. The van der Waals surface area contributed by atoms with E-state index in [9.17, 15) is 4.39 Å². The summed E-state index contributed by atoms with van der Waals surface area (Å²) < 4.78 is 13.0. The van der Waals surface area contributed by atoms with Gasteiger partial charge >= 0.3 is 0 Å². The Labute approximate surface area is 112 Å². The fraction of sp³-hybridized carbons (Fsp3) is 0.188. The van der Waals surface area contributed by atoms with Crippen molar-refractivity contribution < 1.29 is 4.39 Å². The fourth-order valence-electron chi connectivity index (χ4n) is 1.99. The van der Waals surface area contributed by atoms with Crippen molar-refractivity contribution in [2.45, 2.75) is 13.3 Å². The van der Waals surface area contributed by atoms with Crippen molar-refractivity contribution in [1.82, 2.24) is 0 Å². The molecular weight excluding hydrogens is 247 g/mol. The second-order valence-corrected chi connectivity index (χ2v) is 4.91. The lowest BCUT2D eigenvalue weighted by molar-refractivity contribution is 0.626. The van der Waals surface area contributed by atoms with Crippen LogP contribution in [0.25, 0.3) is 0 Å². The summed E-state index contributed by atoms with van der Waals surface area (Å²) in [4.78, 5) is 0. The normalized spacial score (nSPS) is 12.4. The van der Waals surface area contributed by atoms with Crippen LogP contribution in [0.5, 0.6) is 0 Å². The zero-order valence-corrected chi connectivity index (χ0v) is 11.0. The highest BCUT2D eigenvalue weighted by molar-refractivity contribution is 6.30. The highest BCUT2D eigenvalue weighted by atomic mass is 35.5. The highest BCUT2D eigenvalue weighted by Gasteiger charge is 2.07. The average molecular weight is 262 g/mol. The number of rotatable bonds is 4. The molecule has 2 rings (SSSR count). The molecule has 2 heteroatoms. The Balaban J connectivity index is 1.99. The molecule has 2 aromatic rings. The fourth-order valence-corrected chi connectivity index (χ4v) is 2.18. The minimum atomic E-state index is -0.371. The molecule has 0 saturated carbocycles. The summed E-state index contributed by atoms with van der Waals surface area (Å²) in [5.74, 6) is 0.0125. The van der Waals surface area contributed by atoms with Gasteiger partial charge in [-0.05, 0) is 42.0 Å². The number of benzene rings is 2. The molecule has 0 fully saturated rings. The molecule has 0 bridgehead atoms.